The van der Waals surface area contributed by atoms with E-state index in [-0.39, 0.29) is 0 Å². The third-order valence-electron chi connectivity index (χ3n) is 1.86. The molecule has 0 fully saturated rings. The highest BCUT2D eigenvalue weighted by Gasteiger charge is 2.06. The van der Waals surface area contributed by atoms with Gasteiger partial charge in [-0.1, -0.05) is 20.3 Å². The number of nitrogens with zero attached hydrogens (tertiary/aromatic N) is 1. The molecule has 0 aromatic carbocycles. The van der Waals surface area contributed by atoms with Crippen LogP contribution in [0.5, 0.6) is 0 Å². The van der Waals surface area contributed by atoms with E-state index in [1.165, 1.54) is 23.5 Å². The molecule has 0 radical (unpaired) electrons. The van der Waals surface area contributed by atoms with Crippen molar-refractivity contribution in [2.75, 3.05) is 0 Å². The van der Waals surface area contributed by atoms with E-state index in [9.17, 15) is 0 Å². The van der Waals surface area contributed by atoms with E-state index >= 15 is 0 Å². The van der Waals surface area contributed by atoms with Crippen molar-refractivity contribution in [1.29, 1.82) is 0 Å². The summed E-state index contributed by atoms with van der Waals surface area (Å²) in [5, 5.41) is 3.36. The first-order valence-corrected chi connectivity index (χ1v) is 5.04. The molecule has 1 aromatic heterocycles. The number of hydrogen-bond acceptors (Lipinski definition) is 2. The number of rotatable bonds is 3. The average Bonchev–Trinajstić information content (AvgIpc) is 2.36. The van der Waals surface area contributed by atoms with Crippen molar-refractivity contribution >= 4 is 11.3 Å². The lowest BCUT2D eigenvalue weighted by Gasteiger charge is -2.04. The topological polar surface area (TPSA) is 12.9 Å². The van der Waals surface area contributed by atoms with Crippen molar-refractivity contribution in [1.82, 2.24) is 4.98 Å². The molecule has 0 aliphatic rings. The molecule has 1 atom stereocenters. The summed E-state index contributed by atoms with van der Waals surface area (Å²) in [6.07, 6.45) is 2.50. The fourth-order valence-electron chi connectivity index (χ4n) is 1.19. The van der Waals surface area contributed by atoms with Crippen molar-refractivity contribution in [3.63, 3.8) is 0 Å². The first-order valence-electron chi connectivity index (χ1n) is 4.16. The van der Waals surface area contributed by atoms with Crippen molar-refractivity contribution in [3.05, 3.63) is 16.1 Å². The van der Waals surface area contributed by atoms with Gasteiger partial charge in [-0.25, -0.2) is 4.98 Å². The molecule has 0 spiro atoms. The lowest BCUT2D eigenvalue weighted by atomic mass is 10.0. The number of hydrogen-bond donors (Lipinski definition) is 0. The molecule has 0 N–H and O–H groups in total. The molecule has 0 aliphatic carbocycles. The van der Waals surface area contributed by atoms with Crippen LogP contribution in [-0.4, -0.2) is 4.98 Å². The third kappa shape index (κ3) is 2.29. The maximum Gasteiger partial charge on any atom is 0.0897 e. The third-order valence-corrected chi connectivity index (χ3v) is 2.66. The van der Waals surface area contributed by atoms with E-state index in [1.54, 1.807) is 11.3 Å². The summed E-state index contributed by atoms with van der Waals surface area (Å²) in [5.41, 5.74) is 1.27. The van der Waals surface area contributed by atoms with Gasteiger partial charge in [-0.2, -0.15) is 0 Å². The Kier molecular flexibility index (Phi) is 3.06. The van der Waals surface area contributed by atoms with Crippen molar-refractivity contribution < 1.29 is 0 Å². The zero-order chi connectivity index (χ0) is 8.27. The van der Waals surface area contributed by atoms with E-state index in [0.717, 1.165) is 0 Å². The van der Waals surface area contributed by atoms with Gasteiger partial charge in [-0.05, 0) is 19.3 Å². The van der Waals surface area contributed by atoms with Gasteiger partial charge >= 0.3 is 0 Å². The summed E-state index contributed by atoms with van der Waals surface area (Å²) < 4.78 is 0. The molecule has 62 valence electrons. The van der Waals surface area contributed by atoms with Crippen LogP contribution in [0.25, 0.3) is 0 Å². The van der Waals surface area contributed by atoms with E-state index in [2.05, 4.69) is 31.1 Å². The Morgan fingerprint density at radius 1 is 1.64 bits per heavy atom. The summed E-state index contributed by atoms with van der Waals surface area (Å²) in [4.78, 5) is 4.45. The van der Waals surface area contributed by atoms with Crippen LogP contribution in [0.15, 0.2) is 5.38 Å². The first kappa shape index (κ1) is 8.72. The molecule has 0 amide bonds. The summed E-state index contributed by atoms with van der Waals surface area (Å²) in [6, 6.07) is 0. The van der Waals surface area contributed by atoms with Crippen LogP contribution in [0.1, 0.15) is 43.3 Å². The molecule has 0 aliphatic heterocycles. The Bertz CT molecular complexity index is 217. The zero-order valence-corrected chi connectivity index (χ0v) is 8.24. The molecular weight excluding hydrogens is 154 g/mol. The van der Waals surface area contributed by atoms with Crippen molar-refractivity contribution in [2.45, 2.75) is 39.5 Å². The minimum atomic E-state index is 0.643. The quantitative estimate of drug-likeness (QED) is 0.676. The minimum absolute atomic E-state index is 0.643. The van der Waals surface area contributed by atoms with E-state index in [4.69, 9.17) is 0 Å². The molecule has 0 bridgehead atoms. The molecule has 1 unspecified atom stereocenters. The predicted molar refractivity (Wildman–Crippen MR) is 50.2 cm³/mol. The number of thiazole rings is 1. The molecule has 11 heavy (non-hydrogen) atoms. The average molecular weight is 169 g/mol. The van der Waals surface area contributed by atoms with Gasteiger partial charge in [0.1, 0.15) is 0 Å². The highest BCUT2D eigenvalue weighted by molar-refractivity contribution is 7.09. The molecule has 0 saturated carbocycles. The Labute approximate surface area is 72.5 Å². The fourth-order valence-corrected chi connectivity index (χ4v) is 1.92. The van der Waals surface area contributed by atoms with Gasteiger partial charge in [0, 0.05) is 5.38 Å². The smallest absolute Gasteiger partial charge is 0.0897 e. The maximum atomic E-state index is 4.45. The lowest BCUT2D eigenvalue weighted by Crippen LogP contribution is -1.92. The SMILES string of the molecule is CCCC(C)c1csc(C)n1. The van der Waals surface area contributed by atoms with Crippen LogP contribution in [-0.2, 0) is 0 Å². The van der Waals surface area contributed by atoms with E-state index < -0.39 is 0 Å². The summed E-state index contributed by atoms with van der Waals surface area (Å²) >= 11 is 1.75. The second-order valence-electron chi connectivity index (χ2n) is 2.98. The first-order chi connectivity index (χ1) is 5.24. The highest BCUT2D eigenvalue weighted by atomic mass is 32.1. The van der Waals surface area contributed by atoms with Crippen LogP contribution in [0.4, 0.5) is 0 Å². The second-order valence-corrected chi connectivity index (χ2v) is 4.04. The molecule has 1 nitrogen and oxygen atoms in total. The van der Waals surface area contributed by atoms with Gasteiger partial charge < -0.3 is 0 Å². The summed E-state index contributed by atoms with van der Waals surface area (Å²) in [5.74, 6) is 0.643. The van der Waals surface area contributed by atoms with E-state index in [1.807, 2.05) is 0 Å². The maximum absolute atomic E-state index is 4.45. The Hall–Kier alpha value is -0.370. The van der Waals surface area contributed by atoms with Crippen LogP contribution in [0, 0.1) is 6.92 Å². The largest absolute Gasteiger partial charge is 0.246 e. The normalized spacial score (nSPS) is 13.4. The van der Waals surface area contributed by atoms with Gasteiger partial charge in [0.2, 0.25) is 0 Å². The predicted octanol–water partition coefficient (Wildman–Crippen LogP) is 3.36. The minimum Gasteiger partial charge on any atom is -0.246 e. The van der Waals surface area contributed by atoms with Crippen molar-refractivity contribution in [3.8, 4) is 0 Å². The van der Waals surface area contributed by atoms with Crippen LogP contribution in [0.3, 0.4) is 0 Å². The summed E-state index contributed by atoms with van der Waals surface area (Å²) in [6.45, 7) is 6.53. The molecule has 1 rings (SSSR count). The monoisotopic (exact) mass is 169 g/mol. The number of aromatic nitrogens is 1. The second kappa shape index (κ2) is 3.86. The highest BCUT2D eigenvalue weighted by Crippen LogP contribution is 2.21. The van der Waals surface area contributed by atoms with E-state index in [0.29, 0.717) is 5.92 Å². The molecular formula is C9H15NS. The van der Waals surface area contributed by atoms with Gasteiger partial charge in [-0.15, -0.1) is 11.3 Å². The van der Waals surface area contributed by atoms with Crippen LogP contribution in [0.2, 0.25) is 0 Å². The summed E-state index contributed by atoms with van der Waals surface area (Å²) in [7, 11) is 0. The number of aryl methyl sites for hydroxylation is 1. The Morgan fingerprint density at radius 2 is 2.36 bits per heavy atom. The van der Waals surface area contributed by atoms with Crippen LogP contribution < -0.4 is 0 Å². The molecule has 2 heteroatoms. The molecule has 1 aromatic rings. The lowest BCUT2D eigenvalue weighted by molar-refractivity contribution is 0.650. The standard InChI is InChI=1S/C9H15NS/c1-4-5-7(2)9-6-11-8(3)10-9/h6-7H,4-5H2,1-3H3. The van der Waals surface area contributed by atoms with Crippen LogP contribution >= 0.6 is 11.3 Å². The Balaban J connectivity index is 2.60. The zero-order valence-electron chi connectivity index (χ0n) is 7.42. The van der Waals surface area contributed by atoms with Gasteiger partial charge in [-0.3, -0.25) is 0 Å². The van der Waals surface area contributed by atoms with Crippen molar-refractivity contribution in [2.24, 2.45) is 0 Å². The Morgan fingerprint density at radius 3 is 2.82 bits per heavy atom. The van der Waals surface area contributed by atoms with Gasteiger partial charge in [0.25, 0.3) is 0 Å². The molecule has 0 saturated heterocycles. The fraction of sp³-hybridized carbons (Fsp3) is 0.667. The van der Waals surface area contributed by atoms with Gasteiger partial charge in [0.15, 0.2) is 0 Å². The molecule has 1 heterocycles. The van der Waals surface area contributed by atoms with Gasteiger partial charge in [0.05, 0.1) is 10.7 Å².